The molecular weight excluding hydrogens is 431 g/mol. The highest BCUT2D eigenvalue weighted by Gasteiger charge is 2.37. The second-order valence-electron chi connectivity index (χ2n) is 7.58. The third kappa shape index (κ3) is 5.39. The number of carbonyl (C=O) groups excluding carboxylic acids is 1. The van der Waals surface area contributed by atoms with E-state index in [1.54, 1.807) is 0 Å². The smallest absolute Gasteiger partial charge is 0.346 e. The van der Waals surface area contributed by atoms with E-state index >= 15 is 0 Å². The number of rotatable bonds is 12. The van der Waals surface area contributed by atoms with Gasteiger partial charge in [-0.25, -0.2) is 0 Å². The molecule has 32 heavy (non-hydrogen) atoms. The van der Waals surface area contributed by atoms with Gasteiger partial charge in [0.25, 0.3) is 0 Å². The van der Waals surface area contributed by atoms with Crippen molar-refractivity contribution in [1.29, 1.82) is 0 Å². The third-order valence-electron chi connectivity index (χ3n) is 5.58. The Kier molecular flexibility index (Phi) is 8.45. The van der Waals surface area contributed by atoms with E-state index in [1.165, 1.54) is 21.3 Å². The number of benzene rings is 2. The highest BCUT2D eigenvalue weighted by atomic mass is 31.2. The third-order valence-corrected chi connectivity index (χ3v) is 7.77. The summed E-state index contributed by atoms with van der Waals surface area (Å²) in [6.07, 6.45) is 2.27. The minimum absolute atomic E-state index is 0.320. The van der Waals surface area contributed by atoms with Gasteiger partial charge in [-0.2, -0.15) is 0 Å². The number of nitrogens with one attached hydrogen (secondary N) is 1. The first-order valence-electron chi connectivity index (χ1n) is 10.6. The number of ether oxygens (including phenoxy) is 1. The van der Waals surface area contributed by atoms with Gasteiger partial charge in [0.2, 0.25) is 0 Å². The molecule has 174 valence electrons. The van der Waals surface area contributed by atoms with Crippen LogP contribution in [0.5, 0.6) is 0 Å². The van der Waals surface area contributed by atoms with E-state index in [0.29, 0.717) is 25.8 Å². The summed E-state index contributed by atoms with van der Waals surface area (Å²) in [5.74, 6) is -1.14. The number of fused-ring (bicyclic) bond motifs is 3. The highest BCUT2D eigenvalue weighted by molar-refractivity contribution is 7.54. The van der Waals surface area contributed by atoms with Crippen LogP contribution in [0.15, 0.2) is 46.9 Å². The summed E-state index contributed by atoms with van der Waals surface area (Å²) in [4.78, 5) is 12.6. The van der Waals surface area contributed by atoms with E-state index in [9.17, 15) is 9.36 Å². The van der Waals surface area contributed by atoms with Crippen LogP contribution in [0.4, 0.5) is 0 Å². The molecule has 0 aliphatic rings. The van der Waals surface area contributed by atoms with Crippen LogP contribution in [0.1, 0.15) is 24.8 Å². The van der Waals surface area contributed by atoms with Gasteiger partial charge in [0, 0.05) is 25.0 Å². The van der Waals surface area contributed by atoms with E-state index < -0.39 is 25.4 Å². The molecule has 2 atom stereocenters. The van der Waals surface area contributed by atoms with Crippen molar-refractivity contribution in [3.05, 3.63) is 48.0 Å². The zero-order valence-electron chi connectivity index (χ0n) is 18.7. The number of methoxy groups -OCH3 is 1. The minimum Gasteiger partial charge on any atom is -0.468 e. The molecule has 1 aromatic heterocycles. The number of furan rings is 1. The van der Waals surface area contributed by atoms with Crippen LogP contribution in [0, 0.1) is 0 Å². The predicted octanol–water partition coefficient (Wildman–Crippen LogP) is 4.20. The average molecular weight is 462 g/mol. The van der Waals surface area contributed by atoms with Gasteiger partial charge in [-0.3, -0.25) is 14.7 Å². The van der Waals surface area contributed by atoms with Crippen molar-refractivity contribution in [3.8, 4) is 0 Å². The summed E-state index contributed by atoms with van der Waals surface area (Å²) in [5, 5.41) is 5.22. The van der Waals surface area contributed by atoms with Crippen molar-refractivity contribution in [2.45, 2.75) is 37.5 Å². The monoisotopic (exact) mass is 462 g/mol. The number of carbonyl (C=O) groups is 1. The first-order valence-corrected chi connectivity index (χ1v) is 12.2. The van der Waals surface area contributed by atoms with E-state index in [0.717, 1.165) is 33.9 Å². The Morgan fingerprint density at radius 2 is 1.78 bits per heavy atom. The van der Waals surface area contributed by atoms with Crippen LogP contribution < -0.4 is 11.1 Å². The lowest BCUT2D eigenvalue weighted by Gasteiger charge is -2.28. The molecule has 8 nitrogen and oxygen atoms in total. The summed E-state index contributed by atoms with van der Waals surface area (Å²) in [7, 11) is 0.527. The van der Waals surface area contributed by atoms with E-state index in [4.69, 9.17) is 23.9 Å². The van der Waals surface area contributed by atoms with Crippen molar-refractivity contribution in [1.82, 2.24) is 5.32 Å². The van der Waals surface area contributed by atoms with E-state index in [-0.39, 0.29) is 0 Å². The number of hydrogen-bond donors (Lipinski definition) is 2. The Hall–Kier alpha value is -2.22. The maximum atomic E-state index is 13.1. The molecule has 3 rings (SSSR count). The van der Waals surface area contributed by atoms with Crippen LogP contribution in [-0.4, -0.2) is 45.7 Å². The van der Waals surface area contributed by atoms with Gasteiger partial charge in [-0.15, -0.1) is 0 Å². The summed E-state index contributed by atoms with van der Waals surface area (Å²) in [6, 6.07) is 12.9. The normalized spacial score (nSPS) is 14.0. The molecule has 0 amide bonds. The van der Waals surface area contributed by atoms with Crippen molar-refractivity contribution in [3.63, 3.8) is 0 Å². The quantitative estimate of drug-likeness (QED) is 0.234. The molecule has 2 aromatic carbocycles. The van der Waals surface area contributed by atoms with Crippen LogP contribution in [-0.2, 0) is 29.6 Å². The van der Waals surface area contributed by atoms with Gasteiger partial charge < -0.3 is 23.9 Å². The molecule has 0 saturated heterocycles. The van der Waals surface area contributed by atoms with Gasteiger partial charge in [-0.1, -0.05) is 30.3 Å². The topological polar surface area (TPSA) is 113 Å². The molecule has 0 spiro atoms. The van der Waals surface area contributed by atoms with Crippen LogP contribution >= 0.6 is 7.60 Å². The second-order valence-corrected chi connectivity index (χ2v) is 10.0. The van der Waals surface area contributed by atoms with E-state index in [1.807, 2.05) is 42.5 Å². The minimum atomic E-state index is -3.48. The van der Waals surface area contributed by atoms with Gasteiger partial charge >= 0.3 is 13.6 Å². The Bertz CT molecular complexity index is 1090. The summed E-state index contributed by atoms with van der Waals surface area (Å²) >= 11 is 0. The first-order chi connectivity index (χ1) is 15.5. The fourth-order valence-corrected chi connectivity index (χ4v) is 5.38. The maximum Gasteiger partial charge on any atom is 0.346 e. The number of para-hydroxylation sites is 1. The maximum absolute atomic E-state index is 13.1. The molecule has 3 N–H and O–H groups in total. The number of unbranched alkanes of at least 4 members (excludes halogenated alkanes) is 1. The van der Waals surface area contributed by atoms with Gasteiger partial charge in [-0.05, 0) is 49.9 Å². The summed E-state index contributed by atoms with van der Waals surface area (Å²) in [5.41, 5.74) is 8.03. The number of nitrogens with two attached hydrogens (primary N) is 1. The molecule has 3 aromatic rings. The highest BCUT2D eigenvalue weighted by Crippen LogP contribution is 2.52. The number of hydrogen-bond acceptors (Lipinski definition) is 8. The summed E-state index contributed by atoms with van der Waals surface area (Å²) < 4.78 is 34.5. The van der Waals surface area contributed by atoms with E-state index in [2.05, 4.69) is 5.32 Å². The molecule has 0 fully saturated rings. The van der Waals surface area contributed by atoms with Gasteiger partial charge in [0.1, 0.15) is 23.0 Å². The van der Waals surface area contributed by atoms with Gasteiger partial charge in [0.05, 0.1) is 7.11 Å². The lowest BCUT2D eigenvalue weighted by Crippen LogP contribution is -2.45. The van der Waals surface area contributed by atoms with Crippen LogP contribution in [0.2, 0.25) is 0 Å². The molecule has 1 heterocycles. The van der Waals surface area contributed by atoms with Crippen LogP contribution in [0.25, 0.3) is 21.9 Å². The molecule has 0 saturated carbocycles. The predicted molar refractivity (Wildman–Crippen MR) is 125 cm³/mol. The standard InChI is InChI=1S/C23H31N2O6P/c1-28-23(26)19(25-22(10-6-7-13-24)32(27,29-2)30-3)14-16-11-12-18-17-8-4-5-9-20(17)31-21(18)15-16/h4-5,8-9,11-12,15,19,22,25H,6-7,10,13-14,24H2,1-3H3/t19-,22+/m0/s1. The van der Waals surface area contributed by atoms with Crippen molar-refractivity contribution < 1.29 is 27.6 Å². The zero-order valence-corrected chi connectivity index (χ0v) is 19.6. The lowest BCUT2D eigenvalue weighted by atomic mass is 10.0. The van der Waals surface area contributed by atoms with Crippen molar-refractivity contribution in [2.24, 2.45) is 5.73 Å². The lowest BCUT2D eigenvalue weighted by molar-refractivity contribution is -0.143. The zero-order chi connectivity index (χ0) is 23.1. The molecule has 0 radical (unpaired) electrons. The molecule has 0 aliphatic carbocycles. The molecule has 0 unspecified atom stereocenters. The largest absolute Gasteiger partial charge is 0.468 e. The van der Waals surface area contributed by atoms with Crippen molar-refractivity contribution in [2.75, 3.05) is 27.9 Å². The fraction of sp³-hybridized carbons (Fsp3) is 0.435. The SMILES string of the molecule is COC(=O)[C@H](Cc1ccc2c(c1)oc1ccccc12)N[C@@H](CCCCN)P(=O)(OC)OC. The van der Waals surface area contributed by atoms with Gasteiger partial charge in [0.15, 0.2) is 0 Å². The molecular formula is C23H31N2O6P. The summed E-state index contributed by atoms with van der Waals surface area (Å²) in [6.45, 7) is 0.523. The molecule has 0 aliphatic heterocycles. The fourth-order valence-electron chi connectivity index (χ4n) is 3.86. The van der Waals surface area contributed by atoms with Crippen LogP contribution in [0.3, 0.4) is 0 Å². The average Bonchev–Trinajstić information content (AvgIpc) is 3.19. The Morgan fingerprint density at radius 1 is 1.06 bits per heavy atom. The Labute approximate surface area is 187 Å². The second kappa shape index (κ2) is 11.1. The number of esters is 1. The molecule has 9 heteroatoms. The Balaban J connectivity index is 1.87. The Morgan fingerprint density at radius 3 is 2.47 bits per heavy atom. The first kappa shape index (κ1) is 24.4. The molecule has 0 bridgehead atoms. The van der Waals surface area contributed by atoms with Crippen molar-refractivity contribution >= 4 is 35.5 Å².